The normalized spacial score (nSPS) is 10.8. The van der Waals surface area contributed by atoms with Crippen LogP contribution in [0.5, 0.6) is 11.5 Å². The van der Waals surface area contributed by atoms with Gasteiger partial charge in [0.15, 0.2) is 5.78 Å². The van der Waals surface area contributed by atoms with Gasteiger partial charge in [0, 0.05) is 10.9 Å². The Labute approximate surface area is 148 Å². The lowest BCUT2D eigenvalue weighted by molar-refractivity contribution is 0.0967. The summed E-state index contributed by atoms with van der Waals surface area (Å²) in [5.74, 6) is 0.781. The minimum Gasteiger partial charge on any atom is -0.497 e. The van der Waals surface area contributed by atoms with E-state index in [1.807, 2.05) is 13.0 Å². The van der Waals surface area contributed by atoms with Crippen molar-refractivity contribution in [3.8, 4) is 11.5 Å². The highest BCUT2D eigenvalue weighted by Crippen LogP contribution is 2.25. The third-order valence-corrected chi connectivity index (χ3v) is 5.13. The van der Waals surface area contributed by atoms with E-state index in [0.717, 1.165) is 11.3 Å². The van der Waals surface area contributed by atoms with Crippen molar-refractivity contribution in [3.05, 3.63) is 51.4 Å². The van der Waals surface area contributed by atoms with Crippen LogP contribution in [0.1, 0.15) is 22.2 Å². The van der Waals surface area contributed by atoms with Gasteiger partial charge in [-0.25, -0.2) is 4.98 Å². The quantitative estimate of drug-likeness (QED) is 0.634. The molecule has 2 heterocycles. The molecule has 0 saturated carbocycles. The fourth-order valence-electron chi connectivity index (χ4n) is 2.57. The Balaban J connectivity index is 1.94. The van der Waals surface area contributed by atoms with Crippen LogP contribution < -0.4 is 15.0 Å². The van der Waals surface area contributed by atoms with Crippen LogP contribution in [0.3, 0.4) is 0 Å². The van der Waals surface area contributed by atoms with Gasteiger partial charge in [-0.2, -0.15) is 0 Å². The Morgan fingerprint density at radius 3 is 2.72 bits per heavy atom. The number of aromatic nitrogens is 2. The largest absolute Gasteiger partial charge is 0.497 e. The Morgan fingerprint density at radius 1 is 1.24 bits per heavy atom. The molecule has 0 bridgehead atoms. The molecule has 0 amide bonds. The summed E-state index contributed by atoms with van der Waals surface area (Å²) in [6.07, 6.45) is 2.27. The van der Waals surface area contributed by atoms with Crippen LogP contribution in [-0.2, 0) is 13.0 Å². The van der Waals surface area contributed by atoms with Crippen molar-refractivity contribution in [1.29, 1.82) is 0 Å². The van der Waals surface area contributed by atoms with Crippen molar-refractivity contribution in [2.45, 2.75) is 19.9 Å². The maximum Gasteiger partial charge on any atom is 0.262 e. The Bertz CT molecular complexity index is 990. The van der Waals surface area contributed by atoms with E-state index in [0.29, 0.717) is 27.3 Å². The molecule has 0 aliphatic rings. The van der Waals surface area contributed by atoms with Crippen molar-refractivity contribution in [2.75, 3.05) is 14.2 Å². The smallest absolute Gasteiger partial charge is 0.262 e. The van der Waals surface area contributed by atoms with Crippen LogP contribution in [0.15, 0.2) is 35.4 Å². The van der Waals surface area contributed by atoms with Gasteiger partial charge in [0.25, 0.3) is 5.56 Å². The summed E-state index contributed by atoms with van der Waals surface area (Å²) in [5, 5.41) is 0.554. The van der Waals surface area contributed by atoms with E-state index in [1.165, 1.54) is 29.3 Å². The first-order valence-electron chi connectivity index (χ1n) is 7.80. The van der Waals surface area contributed by atoms with Crippen LogP contribution in [0.4, 0.5) is 0 Å². The zero-order valence-electron chi connectivity index (χ0n) is 14.2. The molecule has 0 atom stereocenters. The fraction of sp³-hybridized carbons (Fsp3) is 0.278. The maximum absolute atomic E-state index is 12.6. The lowest BCUT2D eigenvalue weighted by atomic mass is 10.1. The predicted molar refractivity (Wildman–Crippen MR) is 97.1 cm³/mol. The SMILES string of the molecule is CCc1cc2c(=O)n(CC(=O)c3ccc(OC)cc3OC)cnc2s1. The third-order valence-electron chi connectivity index (χ3n) is 3.94. The second-order valence-corrected chi connectivity index (χ2v) is 6.57. The Hall–Kier alpha value is -2.67. The number of rotatable bonds is 6. The van der Waals surface area contributed by atoms with E-state index in [-0.39, 0.29) is 17.9 Å². The van der Waals surface area contributed by atoms with E-state index < -0.39 is 0 Å². The van der Waals surface area contributed by atoms with Crippen molar-refractivity contribution >= 4 is 27.3 Å². The van der Waals surface area contributed by atoms with Crippen molar-refractivity contribution < 1.29 is 14.3 Å². The van der Waals surface area contributed by atoms with Gasteiger partial charge in [0.1, 0.15) is 16.3 Å². The number of hydrogen-bond donors (Lipinski definition) is 0. The van der Waals surface area contributed by atoms with Crippen LogP contribution in [0.25, 0.3) is 10.2 Å². The van der Waals surface area contributed by atoms with Gasteiger partial charge in [-0.1, -0.05) is 6.92 Å². The first-order valence-corrected chi connectivity index (χ1v) is 8.62. The molecule has 3 aromatic rings. The number of aryl methyl sites for hydroxylation is 1. The van der Waals surface area contributed by atoms with E-state index in [1.54, 1.807) is 25.3 Å². The molecule has 0 aliphatic heterocycles. The molecule has 0 unspecified atom stereocenters. The fourth-order valence-corrected chi connectivity index (χ4v) is 3.49. The van der Waals surface area contributed by atoms with E-state index in [4.69, 9.17) is 9.47 Å². The molecule has 7 heteroatoms. The summed E-state index contributed by atoms with van der Waals surface area (Å²) in [4.78, 5) is 31.3. The average Bonchev–Trinajstić information content (AvgIpc) is 3.07. The molecular weight excluding hydrogens is 340 g/mol. The summed E-state index contributed by atoms with van der Waals surface area (Å²) in [6, 6.07) is 6.82. The number of hydrogen-bond acceptors (Lipinski definition) is 6. The first-order chi connectivity index (χ1) is 12.1. The topological polar surface area (TPSA) is 70.4 Å². The highest BCUT2D eigenvalue weighted by atomic mass is 32.1. The average molecular weight is 358 g/mol. The van der Waals surface area contributed by atoms with E-state index >= 15 is 0 Å². The molecule has 1 aromatic carbocycles. The molecule has 130 valence electrons. The summed E-state index contributed by atoms with van der Waals surface area (Å²) in [7, 11) is 3.03. The Morgan fingerprint density at radius 2 is 2.04 bits per heavy atom. The molecule has 2 aromatic heterocycles. The monoisotopic (exact) mass is 358 g/mol. The number of ether oxygens (including phenoxy) is 2. The van der Waals surface area contributed by atoms with Gasteiger partial charge in [-0.3, -0.25) is 14.2 Å². The zero-order chi connectivity index (χ0) is 18.0. The van der Waals surface area contributed by atoms with Crippen LogP contribution >= 0.6 is 11.3 Å². The molecule has 0 N–H and O–H groups in total. The van der Waals surface area contributed by atoms with Crippen molar-refractivity contribution in [2.24, 2.45) is 0 Å². The number of fused-ring (bicyclic) bond motifs is 1. The van der Waals surface area contributed by atoms with Crippen LogP contribution in [0.2, 0.25) is 0 Å². The van der Waals surface area contributed by atoms with Crippen molar-refractivity contribution in [1.82, 2.24) is 9.55 Å². The number of carbonyl (C=O) groups is 1. The number of ketones is 1. The first kappa shape index (κ1) is 17.2. The number of nitrogens with zero attached hydrogens (tertiary/aromatic N) is 2. The van der Waals surface area contributed by atoms with Gasteiger partial charge >= 0.3 is 0 Å². The molecule has 0 saturated heterocycles. The molecule has 6 nitrogen and oxygen atoms in total. The second kappa shape index (κ2) is 7.06. The van der Waals surface area contributed by atoms with Gasteiger partial charge in [-0.15, -0.1) is 11.3 Å². The summed E-state index contributed by atoms with van der Waals surface area (Å²) in [5.41, 5.74) is 0.191. The predicted octanol–water partition coefficient (Wildman–Crippen LogP) is 2.92. The van der Waals surface area contributed by atoms with Gasteiger partial charge in [-0.05, 0) is 24.6 Å². The zero-order valence-corrected chi connectivity index (χ0v) is 15.1. The molecule has 3 rings (SSSR count). The van der Waals surface area contributed by atoms with Crippen LogP contribution in [0, 0.1) is 0 Å². The summed E-state index contributed by atoms with van der Waals surface area (Å²) in [6.45, 7) is 1.94. The number of carbonyl (C=O) groups excluding carboxylic acids is 1. The number of Topliss-reactive ketones (excluding diaryl/α,β-unsaturated/α-hetero) is 1. The van der Waals surface area contributed by atoms with Crippen LogP contribution in [-0.4, -0.2) is 29.6 Å². The minimum absolute atomic E-state index is 0.0955. The van der Waals surface area contributed by atoms with E-state index in [9.17, 15) is 9.59 Å². The lowest BCUT2D eigenvalue weighted by Gasteiger charge is -2.10. The molecular formula is C18H18N2O4S. The second-order valence-electron chi connectivity index (χ2n) is 5.45. The van der Waals surface area contributed by atoms with Crippen molar-refractivity contribution in [3.63, 3.8) is 0 Å². The maximum atomic E-state index is 12.6. The standard InChI is InChI=1S/C18H18N2O4S/c1-4-12-8-14-17(25-12)19-10-20(18(14)22)9-15(21)13-6-5-11(23-2)7-16(13)24-3/h5-8,10H,4,9H2,1-3H3. The minimum atomic E-state index is -0.228. The molecule has 0 radical (unpaired) electrons. The van der Waals surface area contributed by atoms with E-state index in [2.05, 4.69) is 4.98 Å². The summed E-state index contributed by atoms with van der Waals surface area (Å²) >= 11 is 1.50. The number of methoxy groups -OCH3 is 2. The Kier molecular flexibility index (Phi) is 4.85. The third kappa shape index (κ3) is 3.28. The molecule has 0 aliphatic carbocycles. The highest BCUT2D eigenvalue weighted by molar-refractivity contribution is 7.18. The highest BCUT2D eigenvalue weighted by Gasteiger charge is 2.16. The summed E-state index contributed by atoms with van der Waals surface area (Å²) < 4.78 is 11.7. The molecule has 0 spiro atoms. The number of benzene rings is 1. The van der Waals surface area contributed by atoms with Gasteiger partial charge in [0.2, 0.25) is 0 Å². The number of thiophene rings is 1. The lowest BCUT2D eigenvalue weighted by Crippen LogP contribution is -2.24. The molecule has 0 fully saturated rings. The molecule has 25 heavy (non-hydrogen) atoms. The van der Waals surface area contributed by atoms with Gasteiger partial charge in [0.05, 0.1) is 38.0 Å². The van der Waals surface area contributed by atoms with Gasteiger partial charge < -0.3 is 9.47 Å².